The number of carbonyl (C=O) groups excluding carboxylic acids is 2. The van der Waals surface area contributed by atoms with Gasteiger partial charge in [-0.15, -0.1) is 11.8 Å². The SMILES string of the molecule is Cc1c(O)cc(F)cc1C(=O)N[C@@H](Cc1ccccc1)[C@H](O)C(=O)N1CSC(C)(C)C1C(=O)O. The number of carboxylic acid groups (broad SMARTS) is 1. The highest BCUT2D eigenvalue weighted by molar-refractivity contribution is 8.00. The van der Waals surface area contributed by atoms with Crippen molar-refractivity contribution in [2.24, 2.45) is 0 Å². The van der Waals surface area contributed by atoms with E-state index in [1.165, 1.54) is 18.7 Å². The first-order valence-electron chi connectivity index (χ1n) is 10.6. The molecule has 8 nitrogen and oxygen atoms in total. The lowest BCUT2D eigenvalue weighted by molar-refractivity contribution is -0.154. The second kappa shape index (κ2) is 10.0. The number of aliphatic hydroxyl groups is 1. The van der Waals surface area contributed by atoms with Gasteiger partial charge in [0.05, 0.1) is 11.9 Å². The number of aliphatic carboxylic acids is 1. The van der Waals surface area contributed by atoms with Gasteiger partial charge in [0, 0.05) is 21.9 Å². The average molecular weight is 491 g/mol. The molecule has 182 valence electrons. The standard InChI is InChI=1S/C24H27FN2O6S/c1-13-16(10-15(25)11-18(13)28)21(30)26-17(9-14-7-5-4-6-8-14)19(29)22(31)27-12-34-24(2,3)20(27)23(32)33/h4-8,10-11,17,19-20,28-29H,9,12H2,1-3H3,(H,26,30)(H,32,33)/t17-,19-,20?/m0/s1. The average Bonchev–Trinajstić information content (AvgIpc) is 3.10. The molecule has 0 saturated carbocycles. The van der Waals surface area contributed by atoms with Crippen LogP contribution in [0.3, 0.4) is 0 Å². The Balaban J connectivity index is 1.90. The Hall–Kier alpha value is -3.11. The number of carboxylic acids is 1. The number of aromatic hydroxyl groups is 1. The summed E-state index contributed by atoms with van der Waals surface area (Å²) in [5, 5.41) is 33.2. The van der Waals surface area contributed by atoms with Crippen LogP contribution in [0.5, 0.6) is 5.75 Å². The first-order chi connectivity index (χ1) is 15.9. The summed E-state index contributed by atoms with van der Waals surface area (Å²) in [5.74, 6) is -3.95. The van der Waals surface area contributed by atoms with Gasteiger partial charge < -0.3 is 25.5 Å². The van der Waals surface area contributed by atoms with Crippen LogP contribution in [0.15, 0.2) is 42.5 Å². The number of phenols is 1. The van der Waals surface area contributed by atoms with Gasteiger partial charge in [-0.25, -0.2) is 9.18 Å². The monoisotopic (exact) mass is 490 g/mol. The zero-order valence-electron chi connectivity index (χ0n) is 19.0. The number of nitrogens with zero attached hydrogens (tertiary/aromatic N) is 1. The summed E-state index contributed by atoms with van der Waals surface area (Å²) >= 11 is 1.28. The molecule has 1 fully saturated rings. The second-order valence-electron chi connectivity index (χ2n) is 8.74. The van der Waals surface area contributed by atoms with Crippen LogP contribution in [0, 0.1) is 12.7 Å². The molecule has 10 heteroatoms. The molecule has 1 aliphatic rings. The Bertz CT molecular complexity index is 1090. The van der Waals surface area contributed by atoms with Crippen molar-refractivity contribution >= 4 is 29.5 Å². The molecule has 0 spiro atoms. The lowest BCUT2D eigenvalue weighted by Gasteiger charge is -2.31. The summed E-state index contributed by atoms with van der Waals surface area (Å²) < 4.78 is 13.1. The lowest BCUT2D eigenvalue weighted by Crippen LogP contribution is -2.57. The smallest absolute Gasteiger partial charge is 0.327 e. The maximum absolute atomic E-state index is 13.8. The van der Waals surface area contributed by atoms with Crippen LogP contribution in [-0.2, 0) is 16.0 Å². The van der Waals surface area contributed by atoms with E-state index in [1.54, 1.807) is 44.2 Å². The molecule has 1 aliphatic heterocycles. The predicted octanol–water partition coefficient (Wildman–Crippen LogP) is 2.31. The van der Waals surface area contributed by atoms with Crippen molar-refractivity contribution in [2.75, 3.05) is 5.88 Å². The Kier molecular flexibility index (Phi) is 7.52. The van der Waals surface area contributed by atoms with Crippen molar-refractivity contribution in [3.05, 3.63) is 65.0 Å². The molecule has 1 heterocycles. The number of halogens is 1. The topological polar surface area (TPSA) is 127 Å². The van der Waals surface area contributed by atoms with Gasteiger partial charge in [0.1, 0.15) is 17.6 Å². The van der Waals surface area contributed by atoms with Gasteiger partial charge in [-0.05, 0) is 38.8 Å². The molecule has 1 unspecified atom stereocenters. The van der Waals surface area contributed by atoms with Crippen molar-refractivity contribution < 1.29 is 34.1 Å². The van der Waals surface area contributed by atoms with E-state index in [2.05, 4.69) is 5.32 Å². The van der Waals surface area contributed by atoms with Gasteiger partial charge in [0.15, 0.2) is 6.10 Å². The molecule has 0 aromatic heterocycles. The van der Waals surface area contributed by atoms with Crippen LogP contribution in [0.25, 0.3) is 0 Å². The molecular formula is C24H27FN2O6S. The lowest BCUT2D eigenvalue weighted by atomic mass is 9.97. The number of benzene rings is 2. The van der Waals surface area contributed by atoms with Crippen LogP contribution in [0.1, 0.15) is 35.3 Å². The third-order valence-corrected chi connectivity index (χ3v) is 7.28. The number of thioether (sulfide) groups is 1. The number of hydrogen-bond donors (Lipinski definition) is 4. The van der Waals surface area contributed by atoms with Gasteiger partial charge in [0.2, 0.25) is 0 Å². The van der Waals surface area contributed by atoms with E-state index in [9.17, 15) is 34.1 Å². The van der Waals surface area contributed by atoms with Gasteiger partial charge in [-0.3, -0.25) is 9.59 Å². The van der Waals surface area contributed by atoms with Crippen molar-refractivity contribution in [1.29, 1.82) is 0 Å². The minimum Gasteiger partial charge on any atom is -0.508 e. The fourth-order valence-corrected chi connectivity index (χ4v) is 5.12. The molecule has 2 aromatic carbocycles. The van der Waals surface area contributed by atoms with Crippen molar-refractivity contribution in [3.8, 4) is 5.75 Å². The van der Waals surface area contributed by atoms with E-state index in [0.29, 0.717) is 5.56 Å². The van der Waals surface area contributed by atoms with E-state index in [0.717, 1.165) is 17.0 Å². The Morgan fingerprint density at radius 3 is 2.50 bits per heavy atom. The molecule has 1 saturated heterocycles. The van der Waals surface area contributed by atoms with Crippen molar-refractivity contribution in [1.82, 2.24) is 10.2 Å². The Morgan fingerprint density at radius 1 is 1.24 bits per heavy atom. The number of rotatable bonds is 7. The molecule has 3 rings (SSSR count). The molecule has 3 atom stereocenters. The number of nitrogens with one attached hydrogen (secondary N) is 1. The van der Waals surface area contributed by atoms with E-state index in [4.69, 9.17) is 0 Å². The first kappa shape index (κ1) is 25.5. The third kappa shape index (κ3) is 5.34. The number of hydrogen-bond acceptors (Lipinski definition) is 6. The quantitative estimate of drug-likeness (QED) is 0.469. The predicted molar refractivity (Wildman–Crippen MR) is 125 cm³/mol. The molecule has 4 N–H and O–H groups in total. The summed E-state index contributed by atoms with van der Waals surface area (Å²) in [6, 6.07) is 8.36. The third-order valence-electron chi connectivity index (χ3n) is 5.90. The zero-order valence-corrected chi connectivity index (χ0v) is 19.8. The van der Waals surface area contributed by atoms with E-state index in [-0.39, 0.29) is 23.4 Å². The van der Waals surface area contributed by atoms with Gasteiger partial charge in [-0.2, -0.15) is 0 Å². The fourth-order valence-electron chi connectivity index (χ4n) is 3.98. The Labute approximate surface area is 200 Å². The van der Waals surface area contributed by atoms with Crippen LogP contribution in [0.2, 0.25) is 0 Å². The molecule has 34 heavy (non-hydrogen) atoms. The van der Waals surface area contributed by atoms with Gasteiger partial charge >= 0.3 is 5.97 Å². The molecule has 0 aliphatic carbocycles. The van der Waals surface area contributed by atoms with E-state index >= 15 is 0 Å². The summed E-state index contributed by atoms with van der Waals surface area (Å²) in [5.41, 5.74) is 0.711. The minimum absolute atomic E-state index is 0.0575. The van der Waals surface area contributed by atoms with Gasteiger partial charge in [0.25, 0.3) is 11.8 Å². The molecule has 2 amide bonds. The van der Waals surface area contributed by atoms with Crippen LogP contribution >= 0.6 is 11.8 Å². The number of amides is 2. The maximum Gasteiger partial charge on any atom is 0.327 e. The highest BCUT2D eigenvalue weighted by atomic mass is 32.2. The molecule has 0 bridgehead atoms. The number of phenolic OH excluding ortho intramolecular Hbond substituents is 1. The van der Waals surface area contributed by atoms with Crippen molar-refractivity contribution in [2.45, 2.75) is 50.1 Å². The Morgan fingerprint density at radius 2 is 1.88 bits per heavy atom. The van der Waals surface area contributed by atoms with Crippen LogP contribution in [-0.4, -0.2) is 66.8 Å². The van der Waals surface area contributed by atoms with Crippen LogP contribution in [0.4, 0.5) is 4.39 Å². The van der Waals surface area contributed by atoms with Crippen LogP contribution < -0.4 is 5.32 Å². The summed E-state index contributed by atoms with van der Waals surface area (Å²) in [6.07, 6.45) is -1.70. The minimum atomic E-state index is -1.76. The second-order valence-corrected chi connectivity index (χ2v) is 10.3. The summed E-state index contributed by atoms with van der Waals surface area (Å²) in [4.78, 5) is 39.2. The largest absolute Gasteiger partial charge is 0.508 e. The summed E-state index contributed by atoms with van der Waals surface area (Å²) in [7, 11) is 0. The van der Waals surface area contributed by atoms with Crippen molar-refractivity contribution in [3.63, 3.8) is 0 Å². The number of carbonyl (C=O) groups is 3. The van der Waals surface area contributed by atoms with Gasteiger partial charge in [-0.1, -0.05) is 30.3 Å². The fraction of sp³-hybridized carbons (Fsp3) is 0.375. The molecule has 0 radical (unpaired) electrons. The maximum atomic E-state index is 13.8. The highest BCUT2D eigenvalue weighted by Gasteiger charge is 2.50. The first-order valence-corrected chi connectivity index (χ1v) is 11.6. The van der Waals surface area contributed by atoms with E-state index < -0.39 is 52.3 Å². The zero-order chi connectivity index (χ0) is 25.2. The normalized spacial score (nSPS) is 18.9. The highest BCUT2D eigenvalue weighted by Crippen LogP contribution is 2.39. The van der Waals surface area contributed by atoms with E-state index in [1.807, 2.05) is 0 Å². The number of aliphatic hydroxyl groups excluding tert-OH is 1. The molecular weight excluding hydrogens is 463 g/mol. The molecule has 2 aromatic rings. The summed E-state index contributed by atoms with van der Waals surface area (Å²) in [6.45, 7) is 4.86.